The van der Waals surface area contributed by atoms with Crippen molar-refractivity contribution in [2.75, 3.05) is 0 Å². The summed E-state index contributed by atoms with van der Waals surface area (Å²) in [6, 6.07) is 0. The summed E-state index contributed by atoms with van der Waals surface area (Å²) in [5.74, 6) is -0.00463. The number of rotatable bonds is 2. The van der Waals surface area contributed by atoms with Gasteiger partial charge in [0.15, 0.2) is 5.75 Å². The Morgan fingerprint density at radius 2 is 1.91 bits per heavy atom. The minimum Gasteiger partial charge on any atom is -0.368 e. The monoisotopic (exact) mass is 175 g/mol. The highest BCUT2D eigenvalue weighted by Crippen LogP contribution is 2.04. The van der Waals surface area contributed by atoms with Gasteiger partial charge in [0.05, 0.1) is 12.4 Å². The van der Waals surface area contributed by atoms with Crippen LogP contribution in [0.25, 0.3) is 0 Å². The molecule has 1 heterocycles. The molecule has 0 fully saturated rings. The summed E-state index contributed by atoms with van der Waals surface area (Å²) < 4.78 is 24.8. The summed E-state index contributed by atoms with van der Waals surface area (Å²) in [7, 11) is -3.96. The fraction of sp³-hybridized carbons (Fsp3) is 0. The van der Waals surface area contributed by atoms with Crippen LogP contribution in [0.3, 0.4) is 0 Å². The van der Waals surface area contributed by atoms with Gasteiger partial charge in [0.25, 0.3) is 0 Å². The first-order chi connectivity index (χ1) is 5.08. The van der Waals surface area contributed by atoms with Crippen molar-refractivity contribution in [2.45, 2.75) is 0 Å². The van der Waals surface area contributed by atoms with E-state index in [2.05, 4.69) is 19.3 Å². The van der Waals surface area contributed by atoms with Crippen LogP contribution in [0.1, 0.15) is 0 Å². The Hall–Kier alpha value is -1.21. The Bertz CT molecular complexity index is 322. The molecule has 0 aliphatic carbocycles. The molecule has 0 amide bonds. The molecule has 6 nitrogen and oxygen atoms in total. The first-order valence-electron chi connectivity index (χ1n) is 2.55. The van der Waals surface area contributed by atoms with E-state index in [9.17, 15) is 8.42 Å². The second-order valence-electron chi connectivity index (χ2n) is 1.65. The summed E-state index contributed by atoms with van der Waals surface area (Å²) in [5.41, 5.74) is 0. The fourth-order valence-corrected chi connectivity index (χ4v) is 0.817. The summed E-state index contributed by atoms with van der Waals surface area (Å²) in [6.07, 6.45) is 3.63. The summed E-state index contributed by atoms with van der Waals surface area (Å²) >= 11 is 0. The molecular weight excluding hydrogens is 170 g/mol. The van der Waals surface area contributed by atoms with E-state index in [1.165, 1.54) is 18.7 Å². The molecule has 1 aromatic heterocycles. The van der Waals surface area contributed by atoms with Crippen molar-refractivity contribution in [1.82, 2.24) is 9.97 Å². The maximum atomic E-state index is 10.3. The van der Waals surface area contributed by atoms with Crippen molar-refractivity contribution in [1.29, 1.82) is 0 Å². The van der Waals surface area contributed by atoms with Gasteiger partial charge in [-0.1, -0.05) is 0 Å². The molecule has 0 bridgehead atoms. The molecule has 60 valence electrons. The molecule has 0 radical (unpaired) electrons. The number of hydrogen-bond donors (Lipinski definition) is 1. The molecule has 11 heavy (non-hydrogen) atoms. The van der Waals surface area contributed by atoms with E-state index < -0.39 is 10.3 Å². The van der Waals surface area contributed by atoms with Crippen molar-refractivity contribution in [3.63, 3.8) is 0 Å². The van der Waals surface area contributed by atoms with Gasteiger partial charge in [0, 0.05) is 0 Å². The zero-order chi connectivity index (χ0) is 8.32. The van der Waals surface area contributed by atoms with Crippen LogP contribution in [0.5, 0.6) is 5.75 Å². The van der Waals surface area contributed by atoms with Gasteiger partial charge in [-0.3, -0.25) is 0 Å². The molecular formula is C4H5N3O3S. The van der Waals surface area contributed by atoms with E-state index in [0.29, 0.717) is 0 Å². The lowest BCUT2D eigenvalue weighted by Gasteiger charge is -1.98. The standard InChI is InChI=1S/C4H5N3O3S/c5-11(8,9)10-4-1-6-3-7-2-4/h1-3H,(H2,5,8,9). The maximum absolute atomic E-state index is 10.3. The summed E-state index contributed by atoms with van der Waals surface area (Å²) in [4.78, 5) is 7.03. The average molecular weight is 175 g/mol. The van der Waals surface area contributed by atoms with Crippen LogP contribution in [-0.4, -0.2) is 18.4 Å². The number of nitrogens with zero attached hydrogens (tertiary/aromatic N) is 2. The first kappa shape index (κ1) is 7.89. The molecule has 0 spiro atoms. The minimum atomic E-state index is -3.96. The average Bonchev–Trinajstić information content (AvgIpc) is 1.85. The van der Waals surface area contributed by atoms with E-state index in [4.69, 9.17) is 0 Å². The van der Waals surface area contributed by atoms with E-state index in [1.807, 2.05) is 0 Å². The number of aromatic nitrogens is 2. The van der Waals surface area contributed by atoms with E-state index in [0.717, 1.165) is 0 Å². The van der Waals surface area contributed by atoms with E-state index in [1.54, 1.807) is 0 Å². The quantitative estimate of drug-likeness (QED) is 0.625. The Labute approximate surface area is 63.3 Å². The largest absolute Gasteiger partial charge is 0.380 e. The van der Waals surface area contributed by atoms with Crippen molar-refractivity contribution in [3.8, 4) is 5.75 Å². The third kappa shape index (κ3) is 2.92. The SMILES string of the molecule is NS(=O)(=O)Oc1cncnc1. The van der Waals surface area contributed by atoms with Crippen LogP contribution in [0.4, 0.5) is 0 Å². The third-order valence-electron chi connectivity index (χ3n) is 0.749. The fourth-order valence-electron chi connectivity index (χ4n) is 0.463. The molecule has 7 heteroatoms. The van der Waals surface area contributed by atoms with E-state index >= 15 is 0 Å². The maximum Gasteiger partial charge on any atom is 0.380 e. The van der Waals surface area contributed by atoms with Gasteiger partial charge in [-0.05, 0) is 0 Å². The predicted molar refractivity (Wildman–Crippen MR) is 35.8 cm³/mol. The molecule has 0 aromatic carbocycles. The van der Waals surface area contributed by atoms with Gasteiger partial charge >= 0.3 is 10.3 Å². The minimum absolute atomic E-state index is 0.00463. The summed E-state index contributed by atoms with van der Waals surface area (Å²) in [5, 5.41) is 4.56. The lowest BCUT2D eigenvalue weighted by Crippen LogP contribution is -2.19. The second kappa shape index (κ2) is 2.81. The van der Waals surface area contributed by atoms with Gasteiger partial charge in [0.2, 0.25) is 0 Å². The van der Waals surface area contributed by atoms with Crippen molar-refractivity contribution < 1.29 is 12.6 Å². The lowest BCUT2D eigenvalue weighted by molar-refractivity contribution is 0.485. The zero-order valence-electron chi connectivity index (χ0n) is 5.34. The third-order valence-corrected chi connectivity index (χ3v) is 1.17. The molecule has 2 N–H and O–H groups in total. The van der Waals surface area contributed by atoms with Crippen LogP contribution >= 0.6 is 0 Å². The van der Waals surface area contributed by atoms with Gasteiger partial charge in [-0.2, -0.15) is 13.6 Å². The summed E-state index contributed by atoms with van der Waals surface area (Å²) in [6.45, 7) is 0. The molecule has 0 unspecified atom stereocenters. The Balaban J connectivity index is 2.82. The van der Waals surface area contributed by atoms with Gasteiger partial charge in [0.1, 0.15) is 6.33 Å². The Morgan fingerprint density at radius 1 is 1.36 bits per heavy atom. The van der Waals surface area contributed by atoms with Gasteiger partial charge in [-0.25, -0.2) is 9.97 Å². The van der Waals surface area contributed by atoms with Crippen LogP contribution in [0, 0.1) is 0 Å². The highest BCUT2D eigenvalue weighted by Gasteiger charge is 2.03. The highest BCUT2D eigenvalue weighted by molar-refractivity contribution is 7.84. The Kier molecular flexibility index (Phi) is 2.01. The molecule has 1 rings (SSSR count). The first-order valence-corrected chi connectivity index (χ1v) is 4.02. The highest BCUT2D eigenvalue weighted by atomic mass is 32.2. The molecule has 1 aromatic rings. The van der Waals surface area contributed by atoms with Crippen molar-refractivity contribution in [3.05, 3.63) is 18.7 Å². The van der Waals surface area contributed by atoms with Crippen molar-refractivity contribution in [2.24, 2.45) is 5.14 Å². The van der Waals surface area contributed by atoms with Gasteiger partial charge in [-0.15, -0.1) is 0 Å². The number of nitrogens with two attached hydrogens (primary N) is 1. The van der Waals surface area contributed by atoms with Crippen LogP contribution in [0.2, 0.25) is 0 Å². The second-order valence-corrected chi connectivity index (χ2v) is 2.80. The normalized spacial score (nSPS) is 11.0. The van der Waals surface area contributed by atoms with Gasteiger partial charge < -0.3 is 4.18 Å². The van der Waals surface area contributed by atoms with Crippen molar-refractivity contribution >= 4 is 10.3 Å². The lowest BCUT2D eigenvalue weighted by atomic mass is 10.6. The molecule has 0 aliphatic rings. The number of hydrogen-bond acceptors (Lipinski definition) is 5. The smallest absolute Gasteiger partial charge is 0.368 e. The zero-order valence-corrected chi connectivity index (χ0v) is 6.15. The van der Waals surface area contributed by atoms with Crippen LogP contribution in [0.15, 0.2) is 18.7 Å². The predicted octanol–water partition coefficient (Wildman–Crippen LogP) is -0.941. The van der Waals surface area contributed by atoms with E-state index in [-0.39, 0.29) is 5.75 Å². The Morgan fingerprint density at radius 3 is 2.36 bits per heavy atom. The van der Waals surface area contributed by atoms with Crippen LogP contribution in [-0.2, 0) is 10.3 Å². The molecule has 0 saturated heterocycles. The molecule has 0 aliphatic heterocycles. The molecule has 0 saturated carbocycles. The topological polar surface area (TPSA) is 95.2 Å². The van der Waals surface area contributed by atoms with Crippen LogP contribution < -0.4 is 9.32 Å². The molecule has 0 atom stereocenters.